The van der Waals surface area contributed by atoms with Crippen molar-refractivity contribution < 1.29 is 9.53 Å². The Kier molecular flexibility index (Phi) is 5.12. The Bertz CT molecular complexity index is 559. The van der Waals surface area contributed by atoms with E-state index in [9.17, 15) is 4.79 Å². The average molecular weight is 350 g/mol. The Morgan fingerprint density at radius 2 is 2.21 bits per heavy atom. The zero-order chi connectivity index (χ0) is 16.4. The van der Waals surface area contributed by atoms with Crippen LogP contribution in [-0.2, 0) is 16.1 Å². The number of nitrogens with one attached hydrogen (secondary N) is 2. The first-order valence-electron chi connectivity index (χ1n) is 9.09. The van der Waals surface area contributed by atoms with Crippen LogP contribution in [0.4, 0.5) is 5.13 Å². The van der Waals surface area contributed by atoms with Gasteiger partial charge in [0.25, 0.3) is 0 Å². The lowest BCUT2D eigenvalue weighted by atomic mass is 9.85. The summed E-state index contributed by atoms with van der Waals surface area (Å²) in [5, 5.41) is 9.31. The van der Waals surface area contributed by atoms with E-state index in [4.69, 9.17) is 4.74 Å². The van der Waals surface area contributed by atoms with Crippen LogP contribution in [0.5, 0.6) is 0 Å². The quantitative estimate of drug-likeness (QED) is 0.867. The Morgan fingerprint density at radius 1 is 1.38 bits per heavy atom. The van der Waals surface area contributed by atoms with Gasteiger partial charge in [0, 0.05) is 31.1 Å². The Balaban J connectivity index is 1.30. The fraction of sp³-hybridized carbons (Fsp3) is 0.765. The molecule has 2 N–H and O–H groups in total. The largest absolute Gasteiger partial charge is 0.379 e. The summed E-state index contributed by atoms with van der Waals surface area (Å²) in [6.07, 6.45) is 6.06. The van der Waals surface area contributed by atoms with Crippen LogP contribution in [0, 0.1) is 5.92 Å². The molecule has 3 fully saturated rings. The summed E-state index contributed by atoms with van der Waals surface area (Å²) in [5.74, 6) is 0.763. The number of carbonyl (C=O) groups excluding carboxylic acids is 1. The summed E-state index contributed by atoms with van der Waals surface area (Å²) in [5.41, 5.74) is 1.03. The summed E-state index contributed by atoms with van der Waals surface area (Å²) in [7, 11) is 0. The first kappa shape index (κ1) is 16.4. The molecule has 1 saturated carbocycles. The molecule has 3 heterocycles. The number of amides is 1. The molecular weight excluding hydrogens is 324 g/mol. The van der Waals surface area contributed by atoms with Crippen molar-refractivity contribution in [1.29, 1.82) is 0 Å². The van der Waals surface area contributed by atoms with Crippen molar-refractivity contribution in [2.45, 2.75) is 50.7 Å². The Labute approximate surface area is 147 Å². The van der Waals surface area contributed by atoms with Crippen LogP contribution in [-0.4, -0.2) is 54.2 Å². The van der Waals surface area contributed by atoms with Crippen molar-refractivity contribution in [3.63, 3.8) is 0 Å². The number of anilines is 1. The molecule has 24 heavy (non-hydrogen) atoms. The Hall–Kier alpha value is -1.02. The summed E-state index contributed by atoms with van der Waals surface area (Å²) < 4.78 is 5.37. The highest BCUT2D eigenvalue weighted by molar-refractivity contribution is 7.13. The van der Waals surface area contributed by atoms with Crippen molar-refractivity contribution in [1.82, 2.24) is 15.2 Å². The van der Waals surface area contributed by atoms with Gasteiger partial charge in [0.2, 0.25) is 5.91 Å². The van der Waals surface area contributed by atoms with Gasteiger partial charge in [-0.3, -0.25) is 9.69 Å². The minimum atomic E-state index is -0.0512. The molecule has 1 aliphatic carbocycles. The summed E-state index contributed by atoms with van der Waals surface area (Å²) in [6, 6.07) is 0.493. The zero-order valence-corrected chi connectivity index (χ0v) is 14.8. The summed E-state index contributed by atoms with van der Waals surface area (Å²) >= 11 is 1.52. The van der Waals surface area contributed by atoms with Crippen LogP contribution in [0.3, 0.4) is 0 Å². The van der Waals surface area contributed by atoms with Crippen LogP contribution in [0.2, 0.25) is 0 Å². The van der Waals surface area contributed by atoms with Crippen molar-refractivity contribution in [2.75, 3.05) is 31.6 Å². The molecule has 3 aliphatic rings. The molecule has 3 unspecified atom stereocenters. The molecule has 0 bridgehead atoms. The van der Waals surface area contributed by atoms with E-state index in [1.54, 1.807) is 0 Å². The highest BCUT2D eigenvalue weighted by Gasteiger charge is 2.38. The number of fused-ring (bicyclic) bond motifs is 1. The number of rotatable bonds is 4. The second-order valence-corrected chi connectivity index (χ2v) is 7.99. The molecule has 1 aromatic rings. The minimum Gasteiger partial charge on any atom is -0.379 e. The fourth-order valence-electron chi connectivity index (χ4n) is 4.14. The predicted octanol–water partition coefficient (Wildman–Crippen LogP) is 1.83. The molecule has 132 valence electrons. The summed E-state index contributed by atoms with van der Waals surface area (Å²) in [6.45, 7) is 4.33. The highest BCUT2D eigenvalue weighted by atomic mass is 32.1. The molecule has 2 aliphatic heterocycles. The normalized spacial score (nSPS) is 30.9. The molecular formula is C17H26N4O2S. The smallest absolute Gasteiger partial charge is 0.243 e. The number of thiazole rings is 1. The number of hydrogen-bond donors (Lipinski definition) is 2. The molecule has 1 aromatic heterocycles. The lowest BCUT2D eigenvalue weighted by Gasteiger charge is -2.25. The monoisotopic (exact) mass is 350 g/mol. The molecule has 0 radical (unpaired) electrons. The van der Waals surface area contributed by atoms with Gasteiger partial charge in [0.15, 0.2) is 5.13 Å². The van der Waals surface area contributed by atoms with Crippen LogP contribution < -0.4 is 10.6 Å². The van der Waals surface area contributed by atoms with Crippen LogP contribution in [0.25, 0.3) is 0 Å². The van der Waals surface area contributed by atoms with Gasteiger partial charge in [-0.25, -0.2) is 4.98 Å². The van der Waals surface area contributed by atoms with Gasteiger partial charge in [0.1, 0.15) is 0 Å². The zero-order valence-electron chi connectivity index (χ0n) is 14.0. The van der Waals surface area contributed by atoms with Crippen LogP contribution >= 0.6 is 11.3 Å². The molecule has 2 saturated heterocycles. The maximum Gasteiger partial charge on any atom is 0.243 e. The lowest BCUT2D eigenvalue weighted by molar-refractivity contribution is -0.117. The second-order valence-electron chi connectivity index (χ2n) is 7.13. The molecule has 6 nitrogen and oxygen atoms in total. The summed E-state index contributed by atoms with van der Waals surface area (Å²) in [4.78, 5) is 19.4. The van der Waals surface area contributed by atoms with Gasteiger partial charge in [-0.2, -0.15) is 0 Å². The second kappa shape index (κ2) is 7.47. The number of hydrogen-bond acceptors (Lipinski definition) is 6. The predicted molar refractivity (Wildman–Crippen MR) is 94.1 cm³/mol. The molecule has 7 heteroatoms. The van der Waals surface area contributed by atoms with Gasteiger partial charge >= 0.3 is 0 Å². The molecule has 3 atom stereocenters. The highest BCUT2D eigenvalue weighted by Crippen LogP contribution is 2.33. The van der Waals surface area contributed by atoms with Crippen molar-refractivity contribution in [3.8, 4) is 0 Å². The van der Waals surface area contributed by atoms with Crippen molar-refractivity contribution >= 4 is 22.4 Å². The van der Waals surface area contributed by atoms with Gasteiger partial charge < -0.3 is 15.4 Å². The maximum atomic E-state index is 12.5. The van der Waals surface area contributed by atoms with E-state index in [-0.39, 0.29) is 11.9 Å². The van der Waals surface area contributed by atoms with E-state index >= 15 is 0 Å². The van der Waals surface area contributed by atoms with E-state index < -0.39 is 0 Å². The third kappa shape index (κ3) is 3.79. The van der Waals surface area contributed by atoms with Gasteiger partial charge in [-0.15, -0.1) is 11.3 Å². The van der Waals surface area contributed by atoms with Gasteiger partial charge in [0.05, 0.1) is 24.9 Å². The fourth-order valence-corrected chi connectivity index (χ4v) is 4.84. The maximum absolute atomic E-state index is 12.5. The number of aromatic nitrogens is 1. The SMILES string of the molecule is O=C(Nc1nc(CN2CCOCC2)cs1)C1CC2CCCCC2N1. The lowest BCUT2D eigenvalue weighted by Crippen LogP contribution is -2.39. The molecule has 4 rings (SSSR count). The first-order chi connectivity index (χ1) is 11.8. The van der Waals surface area contributed by atoms with E-state index in [0.717, 1.165) is 50.1 Å². The topological polar surface area (TPSA) is 66.5 Å². The first-order valence-corrected chi connectivity index (χ1v) is 9.97. The third-order valence-electron chi connectivity index (χ3n) is 5.45. The number of morpholine rings is 1. The van der Waals surface area contributed by atoms with E-state index in [0.29, 0.717) is 12.0 Å². The van der Waals surface area contributed by atoms with E-state index in [2.05, 4.69) is 20.5 Å². The standard InChI is InChI=1S/C17H26N4O2S/c22-16(15-9-12-3-1-2-4-14(12)19-15)20-17-18-13(11-24-17)10-21-5-7-23-8-6-21/h11-12,14-15,19H,1-10H2,(H,18,20,22). The Morgan fingerprint density at radius 3 is 3.04 bits per heavy atom. The van der Waals surface area contributed by atoms with Gasteiger partial charge in [-0.05, 0) is 25.2 Å². The van der Waals surface area contributed by atoms with Crippen molar-refractivity contribution in [2.24, 2.45) is 5.92 Å². The third-order valence-corrected chi connectivity index (χ3v) is 6.26. The van der Waals surface area contributed by atoms with Crippen molar-refractivity contribution in [3.05, 3.63) is 11.1 Å². The number of nitrogens with zero attached hydrogens (tertiary/aromatic N) is 2. The average Bonchev–Trinajstić information content (AvgIpc) is 3.22. The minimum absolute atomic E-state index is 0.0512. The number of ether oxygens (including phenoxy) is 1. The molecule has 1 amide bonds. The number of carbonyl (C=O) groups is 1. The van der Waals surface area contributed by atoms with Crippen LogP contribution in [0.15, 0.2) is 5.38 Å². The van der Waals surface area contributed by atoms with Gasteiger partial charge in [-0.1, -0.05) is 12.8 Å². The van der Waals surface area contributed by atoms with Crippen LogP contribution in [0.1, 0.15) is 37.8 Å². The van der Waals surface area contributed by atoms with E-state index in [1.807, 2.05) is 5.38 Å². The molecule has 0 aromatic carbocycles. The molecule has 0 spiro atoms. The van der Waals surface area contributed by atoms with E-state index in [1.165, 1.54) is 37.0 Å².